The van der Waals surface area contributed by atoms with E-state index in [4.69, 9.17) is 0 Å². The number of benzene rings is 1. The first kappa shape index (κ1) is 15.7. The third kappa shape index (κ3) is 4.95. The van der Waals surface area contributed by atoms with E-state index in [1.165, 1.54) is 24.3 Å². The molecule has 21 heavy (non-hydrogen) atoms. The molecular weight excluding hydrogens is 283 g/mol. The van der Waals surface area contributed by atoms with Gasteiger partial charge in [0.05, 0.1) is 0 Å². The summed E-state index contributed by atoms with van der Waals surface area (Å²) < 4.78 is 40.0. The van der Waals surface area contributed by atoms with Crippen LogP contribution < -0.4 is 4.74 Å². The van der Waals surface area contributed by atoms with Gasteiger partial charge in [0.15, 0.2) is 0 Å². The summed E-state index contributed by atoms with van der Waals surface area (Å²) >= 11 is 0. The van der Waals surface area contributed by atoms with Gasteiger partial charge in [0.25, 0.3) is 5.91 Å². The van der Waals surface area contributed by atoms with Crippen molar-refractivity contribution in [3.05, 3.63) is 29.8 Å². The molecule has 1 amide bonds. The molecule has 0 heterocycles. The van der Waals surface area contributed by atoms with Crippen LogP contribution in [-0.2, 0) is 0 Å². The van der Waals surface area contributed by atoms with E-state index in [9.17, 15) is 18.0 Å². The van der Waals surface area contributed by atoms with Gasteiger partial charge in [-0.1, -0.05) is 6.92 Å². The van der Waals surface area contributed by atoms with Crippen molar-refractivity contribution in [1.82, 2.24) is 4.90 Å². The first-order chi connectivity index (χ1) is 9.89. The van der Waals surface area contributed by atoms with Crippen LogP contribution in [0.1, 0.15) is 36.5 Å². The Morgan fingerprint density at radius 3 is 2.38 bits per heavy atom. The molecule has 0 aliphatic heterocycles. The third-order valence-corrected chi connectivity index (χ3v) is 3.29. The van der Waals surface area contributed by atoms with Crippen LogP contribution in [0.15, 0.2) is 24.3 Å². The number of hydrogen-bond acceptors (Lipinski definition) is 2. The van der Waals surface area contributed by atoms with Crippen molar-refractivity contribution in [2.75, 3.05) is 13.1 Å². The molecule has 1 aliphatic rings. The van der Waals surface area contributed by atoms with Crippen molar-refractivity contribution in [1.29, 1.82) is 0 Å². The van der Waals surface area contributed by atoms with Crippen LogP contribution >= 0.6 is 0 Å². The lowest BCUT2D eigenvalue weighted by molar-refractivity contribution is -0.274. The molecule has 1 saturated carbocycles. The van der Waals surface area contributed by atoms with E-state index in [1.807, 2.05) is 6.92 Å². The smallest absolute Gasteiger partial charge is 0.406 e. The zero-order valence-electron chi connectivity index (χ0n) is 11.8. The van der Waals surface area contributed by atoms with Gasteiger partial charge < -0.3 is 9.64 Å². The van der Waals surface area contributed by atoms with Crippen LogP contribution in [0.5, 0.6) is 5.75 Å². The number of carbonyl (C=O) groups is 1. The maximum atomic E-state index is 12.4. The van der Waals surface area contributed by atoms with Crippen LogP contribution in [0.2, 0.25) is 0 Å². The van der Waals surface area contributed by atoms with Crippen molar-refractivity contribution < 1.29 is 22.7 Å². The van der Waals surface area contributed by atoms with E-state index in [-0.39, 0.29) is 11.7 Å². The maximum absolute atomic E-state index is 12.4. The molecule has 0 aromatic heterocycles. The number of nitrogens with zero attached hydrogens (tertiary/aromatic N) is 1. The van der Waals surface area contributed by atoms with Crippen molar-refractivity contribution in [2.45, 2.75) is 32.5 Å². The summed E-state index contributed by atoms with van der Waals surface area (Å²) in [6, 6.07) is 5.09. The lowest BCUT2D eigenvalue weighted by atomic mass is 10.1. The topological polar surface area (TPSA) is 29.5 Å². The van der Waals surface area contributed by atoms with Gasteiger partial charge in [0.1, 0.15) is 5.75 Å². The predicted molar refractivity (Wildman–Crippen MR) is 72.0 cm³/mol. The molecule has 6 heteroatoms. The Morgan fingerprint density at radius 1 is 1.29 bits per heavy atom. The highest BCUT2D eigenvalue weighted by molar-refractivity contribution is 5.94. The van der Waals surface area contributed by atoms with Gasteiger partial charge in [-0.05, 0) is 49.4 Å². The molecule has 1 aromatic carbocycles. The summed E-state index contributed by atoms with van der Waals surface area (Å²) in [6.45, 7) is 3.39. The van der Waals surface area contributed by atoms with Gasteiger partial charge in [0.2, 0.25) is 0 Å². The van der Waals surface area contributed by atoms with E-state index < -0.39 is 6.36 Å². The summed E-state index contributed by atoms with van der Waals surface area (Å²) in [5, 5.41) is 0. The molecule has 0 spiro atoms. The van der Waals surface area contributed by atoms with Gasteiger partial charge in [0, 0.05) is 18.7 Å². The summed E-state index contributed by atoms with van der Waals surface area (Å²) in [7, 11) is 0. The van der Waals surface area contributed by atoms with Gasteiger partial charge in [-0.3, -0.25) is 4.79 Å². The van der Waals surface area contributed by atoms with Crippen molar-refractivity contribution in [3.63, 3.8) is 0 Å². The summed E-state index contributed by atoms with van der Waals surface area (Å²) in [5.41, 5.74) is 0.388. The van der Waals surface area contributed by atoms with Gasteiger partial charge in [-0.15, -0.1) is 13.2 Å². The second-order valence-corrected chi connectivity index (χ2v) is 5.27. The van der Waals surface area contributed by atoms with Crippen LogP contribution in [0.3, 0.4) is 0 Å². The van der Waals surface area contributed by atoms with Gasteiger partial charge in [-0.2, -0.15) is 0 Å². The number of rotatable bonds is 6. The highest BCUT2D eigenvalue weighted by Crippen LogP contribution is 2.30. The van der Waals surface area contributed by atoms with E-state index in [0.29, 0.717) is 18.0 Å². The number of amides is 1. The minimum absolute atomic E-state index is 0.137. The average molecular weight is 301 g/mol. The zero-order valence-corrected chi connectivity index (χ0v) is 11.8. The van der Waals surface area contributed by atoms with E-state index in [2.05, 4.69) is 4.74 Å². The van der Waals surface area contributed by atoms with E-state index in [1.54, 1.807) is 4.90 Å². The third-order valence-electron chi connectivity index (χ3n) is 3.29. The normalized spacial score (nSPS) is 14.9. The van der Waals surface area contributed by atoms with Crippen LogP contribution in [0, 0.1) is 5.92 Å². The second kappa shape index (κ2) is 6.37. The standard InChI is InChI=1S/C15H18F3NO2/c1-2-9-19(10-11-3-4-11)14(20)12-5-7-13(8-6-12)21-15(16,17)18/h5-8,11H,2-4,9-10H2,1H3. The van der Waals surface area contributed by atoms with Gasteiger partial charge >= 0.3 is 6.36 Å². The number of halogens is 3. The average Bonchev–Trinajstić information content (AvgIpc) is 3.20. The first-order valence-corrected chi connectivity index (χ1v) is 7.04. The molecule has 1 aliphatic carbocycles. The van der Waals surface area contributed by atoms with Gasteiger partial charge in [-0.25, -0.2) is 0 Å². The molecule has 1 aromatic rings. The van der Waals surface area contributed by atoms with Crippen molar-refractivity contribution >= 4 is 5.91 Å². The van der Waals surface area contributed by atoms with Crippen LogP contribution in [-0.4, -0.2) is 30.3 Å². The highest BCUT2D eigenvalue weighted by atomic mass is 19.4. The molecule has 0 atom stereocenters. The molecule has 116 valence electrons. The van der Waals surface area contributed by atoms with Crippen molar-refractivity contribution in [2.24, 2.45) is 5.92 Å². The number of ether oxygens (including phenoxy) is 1. The minimum atomic E-state index is -4.72. The predicted octanol–water partition coefficient (Wildman–Crippen LogP) is 3.85. The quantitative estimate of drug-likeness (QED) is 0.799. The largest absolute Gasteiger partial charge is 0.573 e. The molecule has 0 bridgehead atoms. The molecule has 3 nitrogen and oxygen atoms in total. The summed E-state index contributed by atoms with van der Waals surface area (Å²) in [5.74, 6) is 0.124. The zero-order chi connectivity index (χ0) is 15.5. The second-order valence-electron chi connectivity index (χ2n) is 5.27. The fourth-order valence-corrected chi connectivity index (χ4v) is 2.14. The lowest BCUT2D eigenvalue weighted by Gasteiger charge is -2.22. The Labute approximate surface area is 121 Å². The lowest BCUT2D eigenvalue weighted by Crippen LogP contribution is -2.33. The fourth-order valence-electron chi connectivity index (χ4n) is 2.14. The molecule has 2 rings (SSSR count). The fraction of sp³-hybridized carbons (Fsp3) is 0.533. The number of carbonyl (C=O) groups excluding carboxylic acids is 1. The van der Waals surface area contributed by atoms with Crippen LogP contribution in [0.25, 0.3) is 0 Å². The molecule has 0 unspecified atom stereocenters. The highest BCUT2D eigenvalue weighted by Gasteiger charge is 2.31. The molecule has 0 N–H and O–H groups in total. The molecule has 1 fully saturated rings. The Balaban J connectivity index is 2.03. The monoisotopic (exact) mass is 301 g/mol. The molecule has 0 saturated heterocycles. The summed E-state index contributed by atoms with van der Waals surface area (Å²) in [6.07, 6.45) is -1.57. The first-order valence-electron chi connectivity index (χ1n) is 7.04. The van der Waals surface area contributed by atoms with Crippen LogP contribution in [0.4, 0.5) is 13.2 Å². The Hall–Kier alpha value is -1.72. The Bertz CT molecular complexity index is 481. The number of hydrogen-bond donors (Lipinski definition) is 0. The van der Waals surface area contributed by atoms with E-state index in [0.717, 1.165) is 25.8 Å². The Morgan fingerprint density at radius 2 is 1.90 bits per heavy atom. The SMILES string of the molecule is CCCN(CC1CC1)C(=O)c1ccc(OC(F)(F)F)cc1. The molecular formula is C15H18F3NO2. The Kier molecular flexibility index (Phi) is 4.75. The molecule has 0 radical (unpaired) electrons. The summed E-state index contributed by atoms with van der Waals surface area (Å²) in [4.78, 5) is 14.1. The number of alkyl halides is 3. The van der Waals surface area contributed by atoms with Crippen molar-refractivity contribution in [3.8, 4) is 5.75 Å². The van der Waals surface area contributed by atoms with E-state index >= 15 is 0 Å². The minimum Gasteiger partial charge on any atom is -0.406 e. The maximum Gasteiger partial charge on any atom is 0.573 e.